The zero-order valence-corrected chi connectivity index (χ0v) is 22.9. The van der Waals surface area contributed by atoms with E-state index in [0.29, 0.717) is 0 Å². The molecule has 0 heterocycles. The highest BCUT2D eigenvalue weighted by Crippen LogP contribution is 2.63. The monoisotopic (exact) mass is 531 g/mol. The van der Waals surface area contributed by atoms with E-state index in [1.807, 2.05) is 0 Å². The summed E-state index contributed by atoms with van der Waals surface area (Å²) in [6, 6.07) is 54.0. The van der Waals surface area contributed by atoms with Crippen LogP contribution < -0.4 is 5.32 Å². The first-order chi connectivity index (χ1) is 20.8. The molecule has 0 atom stereocenters. The largest absolute Gasteiger partial charge is 0.355 e. The van der Waals surface area contributed by atoms with Crippen LogP contribution >= 0.6 is 0 Å². The predicted molar refractivity (Wildman–Crippen MR) is 174 cm³/mol. The van der Waals surface area contributed by atoms with Gasteiger partial charge in [0.15, 0.2) is 0 Å². The highest BCUT2D eigenvalue weighted by molar-refractivity contribution is 6.15. The third kappa shape index (κ3) is 2.64. The van der Waals surface area contributed by atoms with Gasteiger partial charge in [-0.05, 0) is 102 Å². The Morgan fingerprint density at radius 1 is 0.333 bits per heavy atom. The molecule has 10 rings (SSSR count). The van der Waals surface area contributed by atoms with Gasteiger partial charge in [0.1, 0.15) is 0 Å². The molecule has 0 aromatic heterocycles. The summed E-state index contributed by atoms with van der Waals surface area (Å²) in [7, 11) is 0. The van der Waals surface area contributed by atoms with Crippen molar-refractivity contribution < 1.29 is 0 Å². The number of benzene rings is 7. The van der Waals surface area contributed by atoms with E-state index in [1.54, 1.807) is 0 Å². The molecule has 1 heteroatoms. The van der Waals surface area contributed by atoms with Gasteiger partial charge in [-0.3, -0.25) is 0 Å². The van der Waals surface area contributed by atoms with Crippen molar-refractivity contribution in [1.82, 2.24) is 0 Å². The van der Waals surface area contributed by atoms with Crippen LogP contribution in [0.3, 0.4) is 0 Å². The SMILES string of the molecule is c1ccc2c(c1)-c1ccccc1C21c2ccccc2-c2ccc(Nc3ccc4c(c3)-c3cccc5cccc-4c35)cc21. The maximum Gasteiger partial charge on any atom is 0.0726 e. The van der Waals surface area contributed by atoms with Crippen molar-refractivity contribution in [3.63, 3.8) is 0 Å². The van der Waals surface area contributed by atoms with Gasteiger partial charge in [-0.1, -0.05) is 121 Å². The first-order valence-corrected chi connectivity index (χ1v) is 14.7. The Hall–Kier alpha value is -5.40. The summed E-state index contributed by atoms with van der Waals surface area (Å²) in [5.41, 5.74) is 17.9. The molecule has 0 aliphatic heterocycles. The van der Waals surface area contributed by atoms with Crippen LogP contribution in [0.25, 0.3) is 55.3 Å². The number of anilines is 2. The van der Waals surface area contributed by atoms with Gasteiger partial charge in [-0.15, -0.1) is 0 Å². The summed E-state index contributed by atoms with van der Waals surface area (Å²) in [5.74, 6) is 0. The molecule has 3 aliphatic carbocycles. The topological polar surface area (TPSA) is 12.0 Å². The molecule has 0 saturated carbocycles. The van der Waals surface area contributed by atoms with Crippen LogP contribution in [0, 0.1) is 0 Å². The zero-order chi connectivity index (χ0) is 27.4. The fraction of sp³-hybridized carbons (Fsp3) is 0.0244. The molecular formula is C41H25N. The minimum Gasteiger partial charge on any atom is -0.355 e. The van der Waals surface area contributed by atoms with Crippen molar-refractivity contribution >= 4 is 22.1 Å². The Labute approximate surface area is 244 Å². The Morgan fingerprint density at radius 3 is 1.43 bits per heavy atom. The van der Waals surface area contributed by atoms with Gasteiger partial charge < -0.3 is 5.32 Å². The molecule has 7 aromatic carbocycles. The fourth-order valence-electron chi connectivity index (χ4n) is 8.21. The second-order valence-corrected chi connectivity index (χ2v) is 11.7. The summed E-state index contributed by atoms with van der Waals surface area (Å²) >= 11 is 0. The van der Waals surface area contributed by atoms with E-state index in [2.05, 4.69) is 151 Å². The van der Waals surface area contributed by atoms with Gasteiger partial charge >= 0.3 is 0 Å². The van der Waals surface area contributed by atoms with E-state index in [4.69, 9.17) is 0 Å². The number of hydrogen-bond donors (Lipinski definition) is 1. The van der Waals surface area contributed by atoms with E-state index in [1.165, 1.54) is 77.5 Å². The summed E-state index contributed by atoms with van der Waals surface area (Å²) in [6.07, 6.45) is 0. The molecule has 1 spiro atoms. The molecule has 194 valence electrons. The molecule has 0 fully saturated rings. The zero-order valence-electron chi connectivity index (χ0n) is 22.9. The normalized spacial score (nSPS) is 13.9. The third-order valence-corrected chi connectivity index (χ3v) is 9.79. The van der Waals surface area contributed by atoms with Crippen LogP contribution in [0.4, 0.5) is 11.4 Å². The Morgan fingerprint density at radius 2 is 0.810 bits per heavy atom. The molecule has 0 amide bonds. The average molecular weight is 532 g/mol. The third-order valence-electron chi connectivity index (χ3n) is 9.79. The van der Waals surface area contributed by atoms with Gasteiger partial charge in [0.05, 0.1) is 5.41 Å². The molecule has 42 heavy (non-hydrogen) atoms. The minimum atomic E-state index is -0.327. The van der Waals surface area contributed by atoms with Gasteiger partial charge in [-0.2, -0.15) is 0 Å². The van der Waals surface area contributed by atoms with E-state index in [0.717, 1.165) is 11.4 Å². The molecule has 0 saturated heterocycles. The highest BCUT2D eigenvalue weighted by Gasteiger charge is 2.51. The van der Waals surface area contributed by atoms with Crippen molar-refractivity contribution in [1.29, 1.82) is 0 Å². The van der Waals surface area contributed by atoms with Crippen molar-refractivity contribution in [2.75, 3.05) is 5.32 Å². The van der Waals surface area contributed by atoms with Crippen LogP contribution in [0.2, 0.25) is 0 Å². The molecule has 1 N–H and O–H groups in total. The first-order valence-electron chi connectivity index (χ1n) is 14.7. The molecule has 0 bridgehead atoms. The van der Waals surface area contributed by atoms with Gasteiger partial charge in [0.25, 0.3) is 0 Å². The summed E-state index contributed by atoms with van der Waals surface area (Å²) in [5, 5.41) is 6.47. The molecule has 1 nitrogen and oxygen atoms in total. The van der Waals surface area contributed by atoms with Crippen molar-refractivity contribution in [3.8, 4) is 44.5 Å². The summed E-state index contributed by atoms with van der Waals surface area (Å²) < 4.78 is 0. The summed E-state index contributed by atoms with van der Waals surface area (Å²) in [4.78, 5) is 0. The van der Waals surface area contributed by atoms with E-state index < -0.39 is 0 Å². The van der Waals surface area contributed by atoms with Crippen LogP contribution in [0.5, 0.6) is 0 Å². The lowest BCUT2D eigenvalue weighted by atomic mass is 9.70. The second-order valence-electron chi connectivity index (χ2n) is 11.7. The molecule has 0 unspecified atom stereocenters. The number of hydrogen-bond acceptors (Lipinski definition) is 1. The molecule has 3 aliphatic rings. The fourth-order valence-corrected chi connectivity index (χ4v) is 8.21. The highest BCUT2D eigenvalue weighted by atomic mass is 14.9. The molecular weight excluding hydrogens is 506 g/mol. The van der Waals surface area contributed by atoms with E-state index in [-0.39, 0.29) is 5.41 Å². The lowest BCUT2D eigenvalue weighted by Gasteiger charge is -2.30. The number of fused-ring (bicyclic) bond motifs is 13. The van der Waals surface area contributed by atoms with Crippen molar-refractivity contribution in [3.05, 3.63) is 168 Å². The second kappa shape index (κ2) is 7.87. The summed E-state index contributed by atoms with van der Waals surface area (Å²) in [6.45, 7) is 0. The molecule has 0 radical (unpaired) electrons. The van der Waals surface area contributed by atoms with Crippen molar-refractivity contribution in [2.45, 2.75) is 5.41 Å². The van der Waals surface area contributed by atoms with Gasteiger partial charge in [0.2, 0.25) is 0 Å². The first kappa shape index (κ1) is 22.3. The standard InChI is InChI=1S/C41H25N/c1-4-16-36-29(11-1)30-12-2-5-17-37(30)41(36)38-18-6-3-13-31(38)32-22-20-27(24-39(32)41)42-26-19-21-28-33-14-7-9-25-10-8-15-34(40(25)33)35(28)23-26/h1-24,42H. The van der Waals surface area contributed by atoms with Crippen LogP contribution in [0.15, 0.2) is 146 Å². The Balaban J connectivity index is 1.15. The van der Waals surface area contributed by atoms with E-state index >= 15 is 0 Å². The lowest BCUT2D eigenvalue weighted by Crippen LogP contribution is -2.25. The maximum absolute atomic E-state index is 3.80. The Kier molecular flexibility index (Phi) is 4.18. The van der Waals surface area contributed by atoms with Crippen LogP contribution in [0.1, 0.15) is 22.3 Å². The van der Waals surface area contributed by atoms with Crippen LogP contribution in [-0.4, -0.2) is 0 Å². The molecule has 7 aromatic rings. The number of nitrogens with one attached hydrogen (secondary N) is 1. The quantitative estimate of drug-likeness (QED) is 0.234. The number of rotatable bonds is 2. The van der Waals surface area contributed by atoms with E-state index in [9.17, 15) is 0 Å². The minimum absolute atomic E-state index is 0.327. The van der Waals surface area contributed by atoms with Gasteiger partial charge in [-0.25, -0.2) is 0 Å². The smallest absolute Gasteiger partial charge is 0.0726 e. The lowest BCUT2D eigenvalue weighted by molar-refractivity contribution is 0.794. The Bertz CT molecular complexity index is 2220. The predicted octanol–water partition coefficient (Wildman–Crippen LogP) is 10.6. The van der Waals surface area contributed by atoms with Crippen LogP contribution in [-0.2, 0) is 5.41 Å². The van der Waals surface area contributed by atoms with Crippen molar-refractivity contribution in [2.24, 2.45) is 0 Å². The maximum atomic E-state index is 3.80. The average Bonchev–Trinajstić information content (AvgIpc) is 3.64. The van der Waals surface area contributed by atoms with Gasteiger partial charge in [0, 0.05) is 11.4 Å².